The summed E-state index contributed by atoms with van der Waals surface area (Å²) in [7, 11) is -1.35. The number of ether oxygens (including phenoxy) is 1. The van der Waals surface area contributed by atoms with E-state index in [1.807, 2.05) is 24.3 Å². The fourth-order valence-electron chi connectivity index (χ4n) is 4.03. The Morgan fingerprint density at radius 3 is 1.59 bits per heavy atom. The number of hydrogen-bond donors (Lipinski definition) is 0. The van der Waals surface area contributed by atoms with Crippen molar-refractivity contribution in [1.29, 1.82) is 0 Å². The Morgan fingerprint density at radius 2 is 1.17 bits per heavy atom. The van der Waals surface area contributed by atoms with Crippen molar-refractivity contribution < 1.29 is 9.53 Å². The summed E-state index contributed by atoms with van der Waals surface area (Å²) in [5.74, 6) is -0.368. The lowest BCUT2D eigenvalue weighted by molar-refractivity contribution is 0.0601. The van der Waals surface area contributed by atoms with Crippen molar-refractivity contribution >= 4 is 34.8 Å². The van der Waals surface area contributed by atoms with E-state index in [-0.39, 0.29) is 5.97 Å². The summed E-state index contributed by atoms with van der Waals surface area (Å²) >= 11 is 0. The number of nitrogens with zero attached hydrogens (tertiary/aromatic N) is 1. The van der Waals surface area contributed by atoms with Crippen molar-refractivity contribution in [3.63, 3.8) is 0 Å². The molecule has 0 radical (unpaired) electrons. The van der Waals surface area contributed by atoms with E-state index in [1.165, 1.54) is 22.7 Å². The second-order valence-electron chi connectivity index (χ2n) is 6.76. The van der Waals surface area contributed by atoms with Gasteiger partial charge in [0.05, 0.1) is 12.7 Å². The van der Waals surface area contributed by atoms with E-state index >= 15 is 0 Å². The molecule has 3 aromatic carbocycles. The zero-order valence-electron chi connectivity index (χ0n) is 16.2. The maximum Gasteiger partial charge on any atom is 0.339 e. The van der Waals surface area contributed by atoms with Gasteiger partial charge in [0, 0.05) is 12.4 Å². The SMILES string of the molecule is COC(=O)c1cnccc1[Si](c1ccccc1)(c1ccccc1)c1ccccc1. The van der Waals surface area contributed by atoms with Crippen molar-refractivity contribution in [3.8, 4) is 0 Å². The molecule has 0 unspecified atom stereocenters. The smallest absolute Gasteiger partial charge is 0.339 e. The summed E-state index contributed by atoms with van der Waals surface area (Å²) in [4.78, 5) is 17.0. The summed E-state index contributed by atoms with van der Waals surface area (Å²) in [6.45, 7) is 0. The molecule has 4 rings (SSSR count). The van der Waals surface area contributed by atoms with Crippen LogP contribution in [0.4, 0.5) is 0 Å². The maximum atomic E-state index is 12.7. The third-order valence-electron chi connectivity index (χ3n) is 5.25. The summed E-state index contributed by atoms with van der Waals surface area (Å²) in [6.07, 6.45) is 3.38. The number of esters is 1. The first-order valence-electron chi connectivity index (χ1n) is 9.48. The quantitative estimate of drug-likeness (QED) is 0.296. The molecule has 0 saturated carbocycles. The molecule has 0 saturated heterocycles. The first kappa shape index (κ1) is 18.8. The molecule has 29 heavy (non-hydrogen) atoms. The Balaban J connectivity index is 2.18. The van der Waals surface area contributed by atoms with Gasteiger partial charge in [-0.15, -0.1) is 0 Å². The van der Waals surface area contributed by atoms with Gasteiger partial charge in [0.25, 0.3) is 0 Å². The second-order valence-corrected chi connectivity index (χ2v) is 10.5. The molecule has 0 spiro atoms. The van der Waals surface area contributed by atoms with E-state index in [9.17, 15) is 4.79 Å². The van der Waals surface area contributed by atoms with Gasteiger partial charge in [0.2, 0.25) is 0 Å². The number of rotatable bonds is 5. The zero-order valence-corrected chi connectivity index (χ0v) is 17.2. The molecule has 142 valence electrons. The standard InChI is InChI=1S/C25H21NO2Si/c1-28-25(27)23-19-26-18-17-24(23)29(20-11-5-2-6-12-20,21-13-7-3-8-14-21)22-15-9-4-10-16-22/h2-19H,1H3. The third kappa shape index (κ3) is 3.28. The minimum atomic E-state index is -2.76. The van der Waals surface area contributed by atoms with Crippen molar-refractivity contribution in [2.24, 2.45) is 0 Å². The van der Waals surface area contributed by atoms with Crippen LogP contribution in [0.5, 0.6) is 0 Å². The molecule has 0 bridgehead atoms. The van der Waals surface area contributed by atoms with Crippen LogP contribution in [0.3, 0.4) is 0 Å². The fourth-order valence-corrected chi connectivity index (χ4v) is 8.93. The molecular formula is C25H21NO2Si. The summed E-state index contributed by atoms with van der Waals surface area (Å²) in [6, 6.07) is 33.3. The van der Waals surface area contributed by atoms with Crippen LogP contribution < -0.4 is 20.7 Å². The summed E-state index contributed by atoms with van der Waals surface area (Å²) in [5.41, 5.74) is 0.512. The van der Waals surface area contributed by atoms with Crippen molar-refractivity contribution in [3.05, 3.63) is 115 Å². The minimum Gasteiger partial charge on any atom is -0.465 e. The molecule has 1 aromatic heterocycles. The van der Waals surface area contributed by atoms with Crippen molar-refractivity contribution in [2.75, 3.05) is 7.11 Å². The van der Waals surface area contributed by atoms with Gasteiger partial charge in [-0.2, -0.15) is 0 Å². The number of benzene rings is 3. The molecule has 0 amide bonds. The Bertz CT molecular complexity index is 1000. The molecule has 3 nitrogen and oxygen atoms in total. The Kier molecular flexibility index (Phi) is 5.36. The number of carbonyl (C=O) groups is 1. The molecule has 0 atom stereocenters. The van der Waals surface area contributed by atoms with Gasteiger partial charge in [-0.3, -0.25) is 4.98 Å². The van der Waals surface area contributed by atoms with Crippen LogP contribution in [0, 0.1) is 0 Å². The monoisotopic (exact) mass is 395 g/mol. The number of carbonyl (C=O) groups excluding carboxylic acids is 1. The number of hydrogen-bond acceptors (Lipinski definition) is 3. The average Bonchev–Trinajstić information content (AvgIpc) is 2.82. The molecule has 0 aliphatic carbocycles. The van der Waals surface area contributed by atoms with Crippen LogP contribution in [0.2, 0.25) is 0 Å². The number of methoxy groups -OCH3 is 1. The fraction of sp³-hybridized carbons (Fsp3) is 0.0400. The lowest BCUT2D eigenvalue weighted by Crippen LogP contribution is -2.75. The molecule has 4 aromatic rings. The van der Waals surface area contributed by atoms with Gasteiger partial charge in [0.15, 0.2) is 8.07 Å². The van der Waals surface area contributed by atoms with Crippen LogP contribution in [-0.2, 0) is 4.74 Å². The van der Waals surface area contributed by atoms with Gasteiger partial charge < -0.3 is 4.74 Å². The predicted molar refractivity (Wildman–Crippen MR) is 119 cm³/mol. The van der Waals surface area contributed by atoms with Gasteiger partial charge >= 0.3 is 5.97 Å². The molecular weight excluding hydrogens is 374 g/mol. The van der Waals surface area contributed by atoms with Gasteiger partial charge in [0.1, 0.15) is 0 Å². The minimum absolute atomic E-state index is 0.368. The van der Waals surface area contributed by atoms with Gasteiger partial charge in [-0.25, -0.2) is 4.79 Å². The lowest BCUT2D eigenvalue weighted by Gasteiger charge is -2.35. The summed E-state index contributed by atoms with van der Waals surface area (Å²) < 4.78 is 5.12. The van der Waals surface area contributed by atoms with Gasteiger partial charge in [-0.05, 0) is 26.8 Å². The molecule has 1 heterocycles. The highest BCUT2D eigenvalue weighted by molar-refractivity contribution is 7.20. The topological polar surface area (TPSA) is 39.2 Å². The Morgan fingerprint density at radius 1 is 0.724 bits per heavy atom. The van der Waals surface area contributed by atoms with E-state index in [0.29, 0.717) is 5.56 Å². The normalized spacial score (nSPS) is 11.1. The first-order valence-corrected chi connectivity index (χ1v) is 11.5. The highest BCUT2D eigenvalue weighted by Crippen LogP contribution is 2.12. The van der Waals surface area contributed by atoms with Crippen LogP contribution >= 0.6 is 0 Å². The van der Waals surface area contributed by atoms with E-state index < -0.39 is 8.07 Å². The molecule has 0 fully saturated rings. The molecule has 0 N–H and O–H groups in total. The highest BCUT2D eigenvalue weighted by Gasteiger charge is 2.43. The molecule has 4 heteroatoms. The molecule has 0 aliphatic rings. The van der Waals surface area contributed by atoms with Gasteiger partial charge in [-0.1, -0.05) is 91.0 Å². The van der Waals surface area contributed by atoms with Crippen LogP contribution in [0.15, 0.2) is 109 Å². The predicted octanol–water partition coefficient (Wildman–Crippen LogP) is 2.25. The van der Waals surface area contributed by atoms with Crippen LogP contribution in [-0.4, -0.2) is 26.1 Å². The lowest BCUT2D eigenvalue weighted by atomic mass is 10.3. The zero-order chi connectivity index (χ0) is 20.1. The third-order valence-corrected chi connectivity index (χ3v) is 10.1. The van der Waals surface area contributed by atoms with E-state index in [1.54, 1.807) is 12.4 Å². The summed E-state index contributed by atoms with van der Waals surface area (Å²) in [5, 5.41) is 4.58. The van der Waals surface area contributed by atoms with E-state index in [0.717, 1.165) is 5.19 Å². The van der Waals surface area contributed by atoms with Crippen LogP contribution in [0.25, 0.3) is 0 Å². The maximum absolute atomic E-state index is 12.7. The molecule has 0 aliphatic heterocycles. The van der Waals surface area contributed by atoms with E-state index in [2.05, 4.69) is 77.8 Å². The van der Waals surface area contributed by atoms with Crippen LogP contribution in [0.1, 0.15) is 10.4 Å². The van der Waals surface area contributed by atoms with Crippen molar-refractivity contribution in [2.45, 2.75) is 0 Å². The largest absolute Gasteiger partial charge is 0.465 e. The average molecular weight is 396 g/mol. The van der Waals surface area contributed by atoms with E-state index in [4.69, 9.17) is 4.74 Å². The second kappa shape index (κ2) is 8.25. The highest BCUT2D eigenvalue weighted by atomic mass is 28.3. The Labute approximate surface area is 171 Å². The Hall–Kier alpha value is -3.50. The number of pyridine rings is 1. The first-order chi connectivity index (χ1) is 14.3. The number of aromatic nitrogens is 1. The van der Waals surface area contributed by atoms with Crippen molar-refractivity contribution in [1.82, 2.24) is 4.98 Å².